The number of hydrogen-bond donors (Lipinski definition) is 4. The number of carboxylic acid groups (broad SMARTS) is 1. The molecule has 0 aliphatic carbocycles. The van der Waals surface area contributed by atoms with Crippen LogP contribution in [0.25, 0.3) is 0 Å². The molecule has 0 atom stereocenters. The van der Waals surface area contributed by atoms with E-state index in [-0.39, 0.29) is 17.0 Å². The van der Waals surface area contributed by atoms with Crippen molar-refractivity contribution < 1.29 is 28.0 Å². The van der Waals surface area contributed by atoms with E-state index in [9.17, 15) is 18.2 Å². The molecule has 0 unspecified atom stereocenters. The van der Waals surface area contributed by atoms with Crippen molar-refractivity contribution in [3.05, 3.63) is 23.3 Å². The SMILES string of the molecule is NS(=O)(=O)Nc1ccc2c(c1C(=O)O)OB(O)CC2. The third-order valence-electron chi connectivity index (χ3n) is 2.62. The fourth-order valence-electron chi connectivity index (χ4n) is 1.88. The molecule has 102 valence electrons. The third-order valence-corrected chi connectivity index (χ3v) is 3.12. The van der Waals surface area contributed by atoms with Crippen molar-refractivity contribution in [1.82, 2.24) is 0 Å². The summed E-state index contributed by atoms with van der Waals surface area (Å²) in [7, 11) is -5.22. The summed E-state index contributed by atoms with van der Waals surface area (Å²) in [6, 6.07) is 2.83. The lowest BCUT2D eigenvalue weighted by Gasteiger charge is -2.23. The van der Waals surface area contributed by atoms with Gasteiger partial charge in [-0.15, -0.1) is 0 Å². The van der Waals surface area contributed by atoms with Gasteiger partial charge in [0.1, 0.15) is 11.3 Å². The van der Waals surface area contributed by atoms with E-state index in [0.717, 1.165) is 0 Å². The van der Waals surface area contributed by atoms with Crippen LogP contribution in [0.5, 0.6) is 5.75 Å². The maximum Gasteiger partial charge on any atom is 0.522 e. The summed E-state index contributed by atoms with van der Waals surface area (Å²) in [6.45, 7) is 0. The first-order valence-electron chi connectivity index (χ1n) is 5.32. The second kappa shape index (κ2) is 4.72. The largest absolute Gasteiger partial charge is 0.535 e. The Morgan fingerprint density at radius 3 is 2.74 bits per heavy atom. The van der Waals surface area contributed by atoms with Crippen LogP contribution in [0.4, 0.5) is 5.69 Å². The summed E-state index contributed by atoms with van der Waals surface area (Å²) in [6.07, 6.45) is 0.778. The minimum absolute atomic E-state index is 0.0418. The average molecular weight is 286 g/mol. The number of carboxylic acids is 1. The van der Waals surface area contributed by atoms with Crippen LogP contribution in [0, 0.1) is 0 Å². The quantitative estimate of drug-likeness (QED) is 0.548. The highest BCUT2D eigenvalue weighted by molar-refractivity contribution is 7.90. The van der Waals surface area contributed by atoms with Gasteiger partial charge in [0.15, 0.2) is 0 Å². The van der Waals surface area contributed by atoms with Gasteiger partial charge in [-0.25, -0.2) is 9.93 Å². The summed E-state index contributed by atoms with van der Waals surface area (Å²) in [5.74, 6) is -1.42. The Balaban J connectivity index is 2.57. The minimum Gasteiger partial charge on any atom is -0.535 e. The molecule has 10 heteroatoms. The molecule has 0 radical (unpaired) electrons. The molecule has 5 N–H and O–H groups in total. The van der Waals surface area contributed by atoms with E-state index >= 15 is 0 Å². The molecule has 1 aliphatic rings. The Hall–Kier alpha value is -1.78. The molecule has 1 aromatic carbocycles. The lowest BCUT2D eigenvalue weighted by molar-refractivity contribution is 0.0695. The molecule has 1 aromatic rings. The Morgan fingerprint density at radius 1 is 1.47 bits per heavy atom. The number of carbonyl (C=O) groups is 1. The van der Waals surface area contributed by atoms with E-state index in [1.54, 1.807) is 0 Å². The topological polar surface area (TPSA) is 139 Å². The number of hydrogen-bond acceptors (Lipinski definition) is 5. The highest BCUT2D eigenvalue weighted by Crippen LogP contribution is 2.35. The van der Waals surface area contributed by atoms with Gasteiger partial charge in [-0.1, -0.05) is 6.07 Å². The highest BCUT2D eigenvalue weighted by Gasteiger charge is 2.30. The van der Waals surface area contributed by atoms with Crippen LogP contribution in [0.15, 0.2) is 12.1 Å². The second-order valence-electron chi connectivity index (χ2n) is 4.04. The molecule has 0 amide bonds. The summed E-state index contributed by atoms with van der Waals surface area (Å²) in [4.78, 5) is 11.2. The molecule has 1 aliphatic heterocycles. The zero-order valence-electron chi connectivity index (χ0n) is 9.66. The van der Waals surface area contributed by atoms with Gasteiger partial charge in [0, 0.05) is 0 Å². The van der Waals surface area contributed by atoms with Crippen molar-refractivity contribution in [1.29, 1.82) is 0 Å². The zero-order valence-corrected chi connectivity index (χ0v) is 10.5. The van der Waals surface area contributed by atoms with Crippen LogP contribution in [-0.2, 0) is 16.6 Å². The number of nitrogens with one attached hydrogen (secondary N) is 1. The van der Waals surface area contributed by atoms with Crippen LogP contribution in [0.3, 0.4) is 0 Å². The fourth-order valence-corrected chi connectivity index (χ4v) is 2.36. The van der Waals surface area contributed by atoms with Crippen LogP contribution in [0.2, 0.25) is 6.32 Å². The van der Waals surface area contributed by atoms with Crippen LogP contribution >= 0.6 is 0 Å². The average Bonchev–Trinajstić information content (AvgIpc) is 2.25. The molecule has 0 saturated carbocycles. The smallest absolute Gasteiger partial charge is 0.522 e. The molecule has 8 nitrogen and oxygen atoms in total. The van der Waals surface area contributed by atoms with Gasteiger partial charge in [-0.05, 0) is 24.4 Å². The second-order valence-corrected chi connectivity index (χ2v) is 5.33. The normalized spacial score (nSPS) is 14.5. The molecular formula is C9H11BN2O6S. The lowest BCUT2D eigenvalue weighted by Crippen LogP contribution is -2.29. The number of aryl methyl sites for hydroxylation is 1. The van der Waals surface area contributed by atoms with Crippen molar-refractivity contribution in [2.24, 2.45) is 5.14 Å². The van der Waals surface area contributed by atoms with Gasteiger partial charge in [0.25, 0.3) is 10.2 Å². The number of rotatable bonds is 3. The maximum atomic E-state index is 11.2. The van der Waals surface area contributed by atoms with Gasteiger partial charge in [-0.3, -0.25) is 4.72 Å². The van der Waals surface area contributed by atoms with Crippen molar-refractivity contribution >= 4 is 29.0 Å². The lowest BCUT2D eigenvalue weighted by atomic mass is 9.78. The third kappa shape index (κ3) is 2.97. The number of benzene rings is 1. The van der Waals surface area contributed by atoms with Gasteiger partial charge in [-0.2, -0.15) is 8.42 Å². The molecule has 0 saturated heterocycles. The Kier molecular flexibility index (Phi) is 3.39. The molecule has 0 aromatic heterocycles. The standard InChI is InChI=1S/C9H11BN2O6S/c11-19(16,17)12-6-2-1-5-3-4-10(15)18-8(5)7(6)9(13)14/h1-2,12,15H,3-4H2,(H,13,14)(H2,11,16,17). The van der Waals surface area contributed by atoms with Crippen molar-refractivity contribution in [2.75, 3.05) is 4.72 Å². The fraction of sp³-hybridized carbons (Fsp3) is 0.222. The van der Waals surface area contributed by atoms with Gasteiger partial charge in [0.05, 0.1) is 5.69 Å². The predicted molar refractivity (Wildman–Crippen MR) is 67.2 cm³/mol. The van der Waals surface area contributed by atoms with E-state index in [2.05, 4.69) is 0 Å². The van der Waals surface area contributed by atoms with Crippen molar-refractivity contribution in [2.45, 2.75) is 12.7 Å². The van der Waals surface area contributed by atoms with Gasteiger partial charge >= 0.3 is 13.1 Å². The number of aromatic carboxylic acids is 1. The van der Waals surface area contributed by atoms with Crippen LogP contribution in [0.1, 0.15) is 15.9 Å². The first-order valence-corrected chi connectivity index (χ1v) is 6.87. The molecule has 2 rings (SSSR count). The Labute approximate surface area is 109 Å². The monoisotopic (exact) mass is 286 g/mol. The molecule has 0 bridgehead atoms. The first kappa shape index (κ1) is 13.7. The van der Waals surface area contributed by atoms with Crippen molar-refractivity contribution in [3.8, 4) is 5.75 Å². The Bertz CT molecular complexity index is 632. The zero-order chi connectivity index (χ0) is 14.2. The number of nitrogens with two attached hydrogens (primary N) is 1. The number of anilines is 1. The van der Waals surface area contributed by atoms with Crippen LogP contribution in [-0.4, -0.2) is 31.6 Å². The molecule has 0 fully saturated rings. The summed E-state index contributed by atoms with van der Waals surface area (Å²) in [5, 5.41) is 23.4. The minimum atomic E-state index is -4.10. The summed E-state index contributed by atoms with van der Waals surface area (Å²) < 4.78 is 29.0. The van der Waals surface area contributed by atoms with Gasteiger partial charge < -0.3 is 14.8 Å². The molecule has 19 heavy (non-hydrogen) atoms. The van der Waals surface area contributed by atoms with Crippen LogP contribution < -0.4 is 14.5 Å². The molecule has 1 heterocycles. The maximum absolute atomic E-state index is 11.2. The van der Waals surface area contributed by atoms with E-state index in [1.807, 2.05) is 4.72 Å². The van der Waals surface area contributed by atoms with Gasteiger partial charge in [0.2, 0.25) is 0 Å². The molecule has 0 spiro atoms. The summed E-state index contributed by atoms with van der Waals surface area (Å²) >= 11 is 0. The number of fused-ring (bicyclic) bond motifs is 1. The first-order chi connectivity index (χ1) is 8.78. The predicted octanol–water partition coefficient (Wildman–Crippen LogP) is -0.584. The molecular weight excluding hydrogens is 275 g/mol. The Morgan fingerprint density at radius 2 is 2.16 bits per heavy atom. The van der Waals surface area contributed by atoms with Crippen molar-refractivity contribution in [3.63, 3.8) is 0 Å². The van der Waals surface area contributed by atoms with E-state index in [0.29, 0.717) is 18.3 Å². The summed E-state index contributed by atoms with van der Waals surface area (Å²) in [5.41, 5.74) is 0.00999. The van der Waals surface area contributed by atoms with E-state index in [4.69, 9.17) is 14.9 Å². The highest BCUT2D eigenvalue weighted by atomic mass is 32.2. The van der Waals surface area contributed by atoms with E-state index in [1.165, 1.54) is 12.1 Å². The van der Waals surface area contributed by atoms with E-state index < -0.39 is 23.3 Å².